The number of aromatic amines is 1. The normalized spacial score (nSPS) is 17.5. The lowest BCUT2D eigenvalue weighted by molar-refractivity contribution is -0.121. The molecule has 35 heavy (non-hydrogen) atoms. The lowest BCUT2D eigenvalue weighted by Gasteiger charge is -2.28. The van der Waals surface area contributed by atoms with E-state index in [2.05, 4.69) is 38.4 Å². The van der Waals surface area contributed by atoms with Crippen LogP contribution in [0.5, 0.6) is 11.5 Å². The van der Waals surface area contributed by atoms with Crippen LogP contribution in [-0.4, -0.2) is 67.9 Å². The van der Waals surface area contributed by atoms with E-state index >= 15 is 0 Å². The third-order valence-corrected chi connectivity index (χ3v) is 6.99. The molecule has 1 saturated heterocycles. The van der Waals surface area contributed by atoms with Gasteiger partial charge < -0.3 is 24.6 Å². The number of fused-ring (bicyclic) bond motifs is 1. The molecule has 3 aromatic rings. The summed E-state index contributed by atoms with van der Waals surface area (Å²) in [6, 6.07) is 11.9. The molecule has 0 aliphatic carbocycles. The Labute approximate surface area is 206 Å². The smallest absolute Gasteiger partial charge is 0.231 e. The second-order valence-electron chi connectivity index (χ2n) is 9.36. The van der Waals surface area contributed by atoms with E-state index in [1.165, 1.54) is 25.9 Å². The van der Waals surface area contributed by atoms with Gasteiger partial charge in [-0.2, -0.15) is 5.10 Å². The molecule has 2 aliphatic rings. The van der Waals surface area contributed by atoms with Gasteiger partial charge in [0.2, 0.25) is 5.91 Å². The number of ether oxygens (including phenoxy) is 2. The summed E-state index contributed by atoms with van der Waals surface area (Å²) in [7, 11) is 3.73. The van der Waals surface area contributed by atoms with Gasteiger partial charge in [0.1, 0.15) is 18.1 Å². The topological polar surface area (TPSA) is 82.7 Å². The van der Waals surface area contributed by atoms with Crippen LogP contribution >= 0.6 is 0 Å². The van der Waals surface area contributed by atoms with Gasteiger partial charge in [-0.05, 0) is 73.8 Å². The van der Waals surface area contributed by atoms with E-state index in [1.54, 1.807) is 7.11 Å². The summed E-state index contributed by atoms with van der Waals surface area (Å²) in [5, 5.41) is 10.2. The summed E-state index contributed by atoms with van der Waals surface area (Å²) < 4.78 is 11.2. The van der Waals surface area contributed by atoms with Gasteiger partial charge in [0.25, 0.3) is 0 Å². The quantitative estimate of drug-likeness (QED) is 0.516. The fourth-order valence-corrected chi connectivity index (χ4v) is 4.86. The van der Waals surface area contributed by atoms with Crippen LogP contribution in [0.1, 0.15) is 18.4 Å². The minimum Gasteiger partial charge on any atom is -0.497 e. The van der Waals surface area contributed by atoms with Crippen LogP contribution in [0.3, 0.4) is 0 Å². The molecule has 0 saturated carbocycles. The molecule has 2 aromatic carbocycles. The Kier molecular flexibility index (Phi) is 6.90. The van der Waals surface area contributed by atoms with Crippen LogP contribution in [-0.2, 0) is 11.2 Å². The fourth-order valence-electron chi connectivity index (χ4n) is 4.86. The maximum atomic E-state index is 13.3. The molecular formula is C27H33N5O3. The molecule has 184 valence electrons. The van der Waals surface area contributed by atoms with E-state index in [1.807, 2.05) is 42.7 Å². The highest BCUT2D eigenvalue weighted by atomic mass is 16.5. The number of nitrogens with zero attached hydrogens (tertiary/aromatic N) is 3. The molecule has 2 aliphatic heterocycles. The summed E-state index contributed by atoms with van der Waals surface area (Å²) >= 11 is 0. The van der Waals surface area contributed by atoms with Crippen molar-refractivity contribution in [2.45, 2.75) is 19.3 Å². The molecule has 0 unspecified atom stereocenters. The first-order valence-electron chi connectivity index (χ1n) is 12.3. The number of anilines is 2. The van der Waals surface area contributed by atoms with Crippen LogP contribution in [0.4, 0.5) is 11.4 Å². The van der Waals surface area contributed by atoms with Gasteiger partial charge in [-0.15, -0.1) is 0 Å². The zero-order chi connectivity index (χ0) is 24.2. The zero-order valence-electron chi connectivity index (χ0n) is 20.4. The number of hydrogen-bond acceptors (Lipinski definition) is 6. The van der Waals surface area contributed by atoms with E-state index in [0.29, 0.717) is 13.0 Å². The van der Waals surface area contributed by atoms with Gasteiger partial charge in [0.15, 0.2) is 0 Å². The highest BCUT2D eigenvalue weighted by Crippen LogP contribution is 2.34. The van der Waals surface area contributed by atoms with Gasteiger partial charge in [-0.1, -0.05) is 6.07 Å². The third-order valence-electron chi connectivity index (χ3n) is 6.99. The minimum absolute atomic E-state index is 0.0382. The van der Waals surface area contributed by atoms with Gasteiger partial charge in [-0.25, -0.2) is 0 Å². The first-order chi connectivity index (χ1) is 17.1. The van der Waals surface area contributed by atoms with Crippen LogP contribution in [0.15, 0.2) is 48.8 Å². The predicted molar refractivity (Wildman–Crippen MR) is 137 cm³/mol. The standard InChI is InChI=1S/C27H33N5O3/c1-31(11-12-32-9-3-4-10-32)25-15-19(22-16-28-29-17-22)5-7-24(25)30-27(33)21-13-20-14-23(34-2)6-8-26(20)35-18-21/h5-8,14-17,21H,3-4,9-13,18H2,1-2H3,(H,28,29)(H,30,33)/t21-/m1/s1. The Bertz CT molecular complexity index is 1160. The fraction of sp³-hybridized carbons (Fsp3) is 0.407. The lowest BCUT2D eigenvalue weighted by atomic mass is 9.95. The number of hydrogen-bond donors (Lipinski definition) is 2. The second-order valence-corrected chi connectivity index (χ2v) is 9.36. The van der Waals surface area contributed by atoms with Crippen molar-refractivity contribution < 1.29 is 14.3 Å². The molecule has 0 spiro atoms. The second kappa shape index (κ2) is 10.4. The number of aromatic nitrogens is 2. The summed E-state index contributed by atoms with van der Waals surface area (Å²) in [5.41, 5.74) is 4.87. The maximum absolute atomic E-state index is 13.3. The van der Waals surface area contributed by atoms with E-state index in [0.717, 1.165) is 52.7 Å². The van der Waals surface area contributed by atoms with Gasteiger partial charge >= 0.3 is 0 Å². The Balaban J connectivity index is 1.34. The van der Waals surface area contributed by atoms with Gasteiger partial charge in [0, 0.05) is 31.9 Å². The van der Waals surface area contributed by atoms with Crippen LogP contribution in [0.2, 0.25) is 0 Å². The maximum Gasteiger partial charge on any atom is 0.231 e. The summed E-state index contributed by atoms with van der Waals surface area (Å²) in [6.07, 6.45) is 6.86. The molecule has 8 nitrogen and oxygen atoms in total. The Morgan fingerprint density at radius 1 is 1.23 bits per heavy atom. The molecular weight excluding hydrogens is 442 g/mol. The molecule has 0 radical (unpaired) electrons. The monoisotopic (exact) mass is 475 g/mol. The predicted octanol–water partition coefficient (Wildman–Crippen LogP) is 3.81. The molecule has 1 atom stereocenters. The molecule has 0 bridgehead atoms. The number of carbonyl (C=O) groups excluding carboxylic acids is 1. The van der Waals surface area contributed by atoms with Crippen molar-refractivity contribution in [3.8, 4) is 22.6 Å². The number of methoxy groups -OCH3 is 1. The van der Waals surface area contributed by atoms with E-state index in [-0.39, 0.29) is 11.8 Å². The van der Waals surface area contributed by atoms with E-state index in [9.17, 15) is 4.79 Å². The highest BCUT2D eigenvalue weighted by molar-refractivity contribution is 5.97. The lowest BCUT2D eigenvalue weighted by Crippen LogP contribution is -2.34. The van der Waals surface area contributed by atoms with Crippen molar-refractivity contribution in [1.29, 1.82) is 0 Å². The number of amides is 1. The van der Waals surface area contributed by atoms with Crippen molar-refractivity contribution in [3.63, 3.8) is 0 Å². The zero-order valence-corrected chi connectivity index (χ0v) is 20.4. The molecule has 3 heterocycles. The number of H-pyrrole nitrogens is 1. The van der Waals surface area contributed by atoms with Crippen molar-refractivity contribution in [3.05, 3.63) is 54.4 Å². The number of rotatable bonds is 8. The summed E-state index contributed by atoms with van der Waals surface area (Å²) in [6.45, 7) is 4.59. The minimum atomic E-state index is -0.272. The van der Waals surface area contributed by atoms with E-state index in [4.69, 9.17) is 9.47 Å². The Morgan fingerprint density at radius 3 is 2.86 bits per heavy atom. The largest absolute Gasteiger partial charge is 0.497 e. The average molecular weight is 476 g/mol. The Morgan fingerprint density at radius 2 is 2.09 bits per heavy atom. The molecule has 1 amide bonds. The van der Waals surface area contributed by atoms with Crippen molar-refractivity contribution >= 4 is 17.3 Å². The van der Waals surface area contributed by atoms with Crippen molar-refractivity contribution in [2.75, 3.05) is 57.2 Å². The van der Waals surface area contributed by atoms with Crippen LogP contribution < -0.4 is 19.7 Å². The summed E-state index contributed by atoms with van der Waals surface area (Å²) in [5.74, 6) is 1.28. The first kappa shape index (κ1) is 23.2. The van der Waals surface area contributed by atoms with Gasteiger partial charge in [0.05, 0.1) is 30.6 Å². The highest BCUT2D eigenvalue weighted by Gasteiger charge is 2.27. The summed E-state index contributed by atoms with van der Waals surface area (Å²) in [4.78, 5) is 18.1. The first-order valence-corrected chi connectivity index (χ1v) is 12.3. The van der Waals surface area contributed by atoms with Crippen LogP contribution in [0.25, 0.3) is 11.1 Å². The number of carbonyl (C=O) groups is 1. The SMILES string of the molecule is COc1ccc2c(c1)C[C@@H](C(=O)Nc1ccc(-c3cn[nH]c3)cc1N(C)CCN1CCCC1)CO2. The van der Waals surface area contributed by atoms with E-state index < -0.39 is 0 Å². The number of likely N-dealkylation sites (tertiary alicyclic amines) is 1. The van der Waals surface area contributed by atoms with Crippen molar-refractivity contribution in [2.24, 2.45) is 5.92 Å². The van der Waals surface area contributed by atoms with Gasteiger partial charge in [-0.3, -0.25) is 9.89 Å². The molecule has 8 heteroatoms. The number of nitrogens with one attached hydrogen (secondary N) is 2. The molecule has 2 N–H and O–H groups in total. The Hall–Kier alpha value is -3.52. The molecule has 1 fully saturated rings. The average Bonchev–Trinajstić information content (AvgIpc) is 3.61. The van der Waals surface area contributed by atoms with Crippen molar-refractivity contribution in [1.82, 2.24) is 15.1 Å². The molecule has 5 rings (SSSR count). The molecule has 1 aromatic heterocycles. The number of benzene rings is 2. The van der Waals surface area contributed by atoms with Crippen LogP contribution in [0, 0.1) is 5.92 Å². The number of likely N-dealkylation sites (N-methyl/N-ethyl adjacent to an activating group) is 1. The third kappa shape index (κ3) is 5.27.